The van der Waals surface area contributed by atoms with Gasteiger partial charge in [0.15, 0.2) is 0 Å². The first kappa shape index (κ1) is 16.2. The minimum atomic E-state index is -0.555. The molecule has 0 aliphatic carbocycles. The monoisotopic (exact) mass is 352 g/mol. The van der Waals surface area contributed by atoms with Crippen molar-refractivity contribution in [3.05, 3.63) is 68.8 Å². The minimum absolute atomic E-state index is 0.281. The van der Waals surface area contributed by atoms with Crippen molar-refractivity contribution in [3.63, 3.8) is 0 Å². The van der Waals surface area contributed by atoms with Crippen molar-refractivity contribution in [2.24, 2.45) is 0 Å². The van der Waals surface area contributed by atoms with Gasteiger partial charge in [-0.1, -0.05) is 22.0 Å². The molecule has 1 atom stereocenters. The van der Waals surface area contributed by atoms with Gasteiger partial charge in [0.1, 0.15) is 11.6 Å². The van der Waals surface area contributed by atoms with Crippen LogP contribution in [0, 0.1) is 46.3 Å². The van der Waals surface area contributed by atoms with Crippen LogP contribution in [0.4, 0.5) is 8.78 Å². The van der Waals surface area contributed by atoms with E-state index in [4.69, 9.17) is 0 Å². The summed E-state index contributed by atoms with van der Waals surface area (Å²) in [4.78, 5) is -0.281. The molecule has 0 heterocycles. The van der Waals surface area contributed by atoms with E-state index in [1.54, 1.807) is 0 Å². The maximum absolute atomic E-state index is 14.1. The van der Waals surface area contributed by atoms with E-state index in [1.165, 1.54) is 28.8 Å². The van der Waals surface area contributed by atoms with Crippen molar-refractivity contribution >= 4 is 15.9 Å². The second-order valence-electron chi connectivity index (χ2n) is 5.57. The maximum Gasteiger partial charge on any atom is 0.130 e. The molecule has 0 amide bonds. The Morgan fingerprint density at radius 2 is 1.29 bits per heavy atom. The zero-order chi connectivity index (χ0) is 15.9. The Morgan fingerprint density at radius 3 is 1.76 bits per heavy atom. The minimum Gasteiger partial charge on any atom is -0.207 e. The van der Waals surface area contributed by atoms with Gasteiger partial charge in [-0.15, -0.1) is 0 Å². The SMILES string of the molecule is Cc1c(C)c(C)c(C(Br)c2ccc(F)cc2F)c(C)c1C. The Labute approximate surface area is 133 Å². The average molecular weight is 353 g/mol. The molecule has 0 fully saturated rings. The second-order valence-corrected chi connectivity index (χ2v) is 6.48. The number of halogens is 3. The highest BCUT2D eigenvalue weighted by molar-refractivity contribution is 9.09. The van der Waals surface area contributed by atoms with Crippen LogP contribution in [0.1, 0.15) is 43.8 Å². The van der Waals surface area contributed by atoms with Gasteiger partial charge in [0.2, 0.25) is 0 Å². The smallest absolute Gasteiger partial charge is 0.130 e. The summed E-state index contributed by atoms with van der Waals surface area (Å²) in [7, 11) is 0. The van der Waals surface area contributed by atoms with Crippen molar-refractivity contribution in [1.29, 1.82) is 0 Å². The van der Waals surface area contributed by atoms with Crippen molar-refractivity contribution in [3.8, 4) is 0 Å². The summed E-state index contributed by atoms with van der Waals surface area (Å²) in [6.07, 6.45) is 0. The molecule has 21 heavy (non-hydrogen) atoms. The van der Waals surface area contributed by atoms with Gasteiger partial charge in [0, 0.05) is 11.6 Å². The van der Waals surface area contributed by atoms with Crippen LogP contribution >= 0.6 is 15.9 Å². The topological polar surface area (TPSA) is 0 Å². The molecule has 0 nitrogen and oxygen atoms in total. The fraction of sp³-hybridized carbons (Fsp3) is 0.333. The Hall–Kier alpha value is -1.22. The molecule has 2 aromatic carbocycles. The van der Waals surface area contributed by atoms with E-state index in [2.05, 4.69) is 50.5 Å². The van der Waals surface area contributed by atoms with Gasteiger partial charge in [-0.25, -0.2) is 8.78 Å². The Morgan fingerprint density at radius 1 is 0.810 bits per heavy atom. The summed E-state index contributed by atoms with van der Waals surface area (Å²) in [5.74, 6) is -1.08. The Balaban J connectivity index is 2.66. The molecule has 3 heteroatoms. The molecule has 0 saturated carbocycles. The summed E-state index contributed by atoms with van der Waals surface area (Å²) in [5, 5.41) is 0. The first-order valence-electron chi connectivity index (χ1n) is 6.91. The van der Waals surface area contributed by atoms with Crippen LogP contribution in [0.3, 0.4) is 0 Å². The van der Waals surface area contributed by atoms with Crippen LogP contribution in [-0.4, -0.2) is 0 Å². The molecule has 112 valence electrons. The van der Waals surface area contributed by atoms with Crippen LogP contribution in [0.25, 0.3) is 0 Å². The zero-order valence-electron chi connectivity index (χ0n) is 12.9. The number of hydrogen-bond donors (Lipinski definition) is 0. The normalized spacial score (nSPS) is 12.6. The molecule has 0 N–H and O–H groups in total. The highest BCUT2D eigenvalue weighted by Gasteiger charge is 2.22. The lowest BCUT2D eigenvalue weighted by molar-refractivity contribution is 0.574. The summed E-state index contributed by atoms with van der Waals surface area (Å²) in [5.41, 5.74) is 7.56. The predicted octanol–water partition coefficient (Wildman–Crippen LogP) is 5.99. The first-order chi connectivity index (χ1) is 9.75. The zero-order valence-corrected chi connectivity index (χ0v) is 14.5. The first-order valence-corrected chi connectivity index (χ1v) is 7.83. The van der Waals surface area contributed by atoms with Crippen molar-refractivity contribution < 1.29 is 8.78 Å². The summed E-state index contributed by atoms with van der Waals surface area (Å²) in [6.45, 7) is 10.4. The molecule has 2 rings (SSSR count). The van der Waals surface area contributed by atoms with Gasteiger partial charge in [0.05, 0.1) is 4.83 Å². The third-order valence-electron chi connectivity index (χ3n) is 4.55. The standard InChI is InChI=1S/C18H19BrF2/c1-9-10(2)12(4)17(13(5)11(9)3)18(19)15-7-6-14(20)8-16(15)21/h6-8,18H,1-5H3. The lowest BCUT2D eigenvalue weighted by Gasteiger charge is -2.23. The Bertz CT molecular complexity index is 676. The second kappa shape index (κ2) is 5.88. The Kier molecular flexibility index (Phi) is 4.52. The van der Waals surface area contributed by atoms with Gasteiger partial charge < -0.3 is 0 Å². The highest BCUT2D eigenvalue weighted by atomic mass is 79.9. The highest BCUT2D eigenvalue weighted by Crippen LogP contribution is 2.39. The van der Waals surface area contributed by atoms with Crippen LogP contribution in [0.5, 0.6) is 0 Å². The quantitative estimate of drug-likeness (QED) is 0.582. The van der Waals surface area contributed by atoms with E-state index in [0.717, 1.165) is 22.8 Å². The third kappa shape index (κ3) is 2.76. The van der Waals surface area contributed by atoms with Gasteiger partial charge in [-0.05, 0) is 74.1 Å². The van der Waals surface area contributed by atoms with Crippen molar-refractivity contribution in [2.75, 3.05) is 0 Å². The van der Waals surface area contributed by atoms with E-state index in [9.17, 15) is 8.78 Å². The summed E-state index contributed by atoms with van der Waals surface area (Å²) in [6, 6.07) is 3.74. The van der Waals surface area contributed by atoms with E-state index in [0.29, 0.717) is 5.56 Å². The maximum atomic E-state index is 14.1. The number of alkyl halides is 1. The van der Waals surface area contributed by atoms with Crippen LogP contribution < -0.4 is 0 Å². The third-order valence-corrected chi connectivity index (χ3v) is 5.50. The van der Waals surface area contributed by atoms with E-state index in [1.807, 2.05) is 0 Å². The molecule has 0 aliphatic heterocycles. The largest absolute Gasteiger partial charge is 0.207 e. The fourth-order valence-electron chi connectivity index (χ4n) is 2.77. The van der Waals surface area contributed by atoms with Crippen molar-refractivity contribution in [2.45, 2.75) is 39.4 Å². The van der Waals surface area contributed by atoms with Gasteiger partial charge in [0.25, 0.3) is 0 Å². The van der Waals surface area contributed by atoms with E-state index >= 15 is 0 Å². The molecule has 0 saturated heterocycles. The van der Waals surface area contributed by atoms with E-state index < -0.39 is 11.6 Å². The molecule has 0 radical (unpaired) electrons. The number of rotatable bonds is 2. The van der Waals surface area contributed by atoms with Crippen LogP contribution in [0.2, 0.25) is 0 Å². The predicted molar refractivity (Wildman–Crippen MR) is 87.3 cm³/mol. The van der Waals surface area contributed by atoms with Crippen LogP contribution in [-0.2, 0) is 0 Å². The van der Waals surface area contributed by atoms with Gasteiger partial charge in [-0.2, -0.15) is 0 Å². The number of hydrogen-bond acceptors (Lipinski definition) is 0. The number of benzene rings is 2. The molecule has 0 bridgehead atoms. The molecular formula is C18H19BrF2. The summed E-state index contributed by atoms with van der Waals surface area (Å²) < 4.78 is 27.2. The molecule has 0 aromatic heterocycles. The lowest BCUT2D eigenvalue weighted by atomic mass is 9.86. The van der Waals surface area contributed by atoms with E-state index in [-0.39, 0.29) is 4.83 Å². The average Bonchev–Trinajstić information content (AvgIpc) is 2.43. The molecule has 2 aromatic rings. The molecule has 0 aliphatic rings. The van der Waals surface area contributed by atoms with Gasteiger partial charge in [-0.3, -0.25) is 0 Å². The van der Waals surface area contributed by atoms with Gasteiger partial charge >= 0.3 is 0 Å². The summed E-state index contributed by atoms with van der Waals surface area (Å²) >= 11 is 3.60. The molecule has 1 unspecified atom stereocenters. The fourth-order valence-corrected chi connectivity index (χ4v) is 3.83. The molecular weight excluding hydrogens is 334 g/mol. The van der Waals surface area contributed by atoms with Crippen LogP contribution in [0.15, 0.2) is 18.2 Å². The lowest BCUT2D eigenvalue weighted by Crippen LogP contribution is -2.07. The molecule has 0 spiro atoms. The van der Waals surface area contributed by atoms with Crippen molar-refractivity contribution in [1.82, 2.24) is 0 Å².